The molecule has 4 heteroatoms. The summed E-state index contributed by atoms with van der Waals surface area (Å²) in [6.07, 6.45) is 3.67. The molecule has 1 aromatic carbocycles. The summed E-state index contributed by atoms with van der Waals surface area (Å²) in [7, 11) is 0. The van der Waals surface area contributed by atoms with Gasteiger partial charge in [0, 0.05) is 23.4 Å². The van der Waals surface area contributed by atoms with Crippen molar-refractivity contribution in [3.63, 3.8) is 0 Å². The van der Waals surface area contributed by atoms with Crippen molar-refractivity contribution in [2.75, 3.05) is 0 Å². The van der Waals surface area contributed by atoms with Crippen LogP contribution in [0.3, 0.4) is 0 Å². The standard InChI is InChI=1S/C14H17ClFNO/c15-11-4-5-13(16)10(6-11)8-14(18)9-2-1-3-12(17)7-9/h4-6,9,12H,1-3,7-8,17H2. The molecule has 0 spiro atoms. The summed E-state index contributed by atoms with van der Waals surface area (Å²) in [6, 6.07) is 4.42. The van der Waals surface area contributed by atoms with Gasteiger partial charge < -0.3 is 5.73 Å². The van der Waals surface area contributed by atoms with E-state index in [0.29, 0.717) is 10.6 Å². The summed E-state index contributed by atoms with van der Waals surface area (Å²) < 4.78 is 13.5. The molecule has 0 saturated heterocycles. The van der Waals surface area contributed by atoms with Gasteiger partial charge in [-0.3, -0.25) is 4.79 Å². The normalized spacial score (nSPS) is 23.9. The maximum atomic E-state index is 13.5. The number of carbonyl (C=O) groups is 1. The van der Waals surface area contributed by atoms with E-state index in [0.717, 1.165) is 25.7 Å². The van der Waals surface area contributed by atoms with Gasteiger partial charge in [0.2, 0.25) is 0 Å². The molecule has 2 rings (SSSR count). The molecular formula is C14H17ClFNO. The Kier molecular flexibility index (Phi) is 4.36. The first-order valence-corrected chi connectivity index (χ1v) is 6.66. The molecule has 1 fully saturated rings. The molecule has 1 aliphatic carbocycles. The van der Waals surface area contributed by atoms with Gasteiger partial charge in [0.1, 0.15) is 11.6 Å². The second kappa shape index (κ2) is 5.81. The van der Waals surface area contributed by atoms with Crippen LogP contribution < -0.4 is 5.73 Å². The fourth-order valence-corrected chi connectivity index (χ4v) is 2.73. The molecular weight excluding hydrogens is 253 g/mol. The smallest absolute Gasteiger partial charge is 0.140 e. The number of carbonyl (C=O) groups excluding carboxylic acids is 1. The average molecular weight is 270 g/mol. The third-order valence-electron chi connectivity index (χ3n) is 3.54. The van der Waals surface area contributed by atoms with Crippen molar-refractivity contribution in [2.45, 2.75) is 38.1 Å². The highest BCUT2D eigenvalue weighted by Gasteiger charge is 2.25. The van der Waals surface area contributed by atoms with E-state index in [1.165, 1.54) is 18.2 Å². The molecule has 0 amide bonds. The Balaban J connectivity index is 2.04. The van der Waals surface area contributed by atoms with Gasteiger partial charge in [-0.05, 0) is 43.0 Å². The highest BCUT2D eigenvalue weighted by atomic mass is 35.5. The topological polar surface area (TPSA) is 43.1 Å². The number of Topliss-reactive ketones (excluding diaryl/α,β-unsaturated/α-hetero) is 1. The molecule has 0 aliphatic heterocycles. The van der Waals surface area contributed by atoms with Crippen LogP contribution >= 0.6 is 11.6 Å². The van der Waals surface area contributed by atoms with Gasteiger partial charge in [0.15, 0.2) is 0 Å². The lowest BCUT2D eigenvalue weighted by atomic mass is 9.82. The molecule has 98 valence electrons. The zero-order valence-electron chi connectivity index (χ0n) is 10.2. The molecule has 0 heterocycles. The Morgan fingerprint density at radius 2 is 2.22 bits per heavy atom. The Hall–Kier alpha value is -0.930. The van der Waals surface area contributed by atoms with Crippen LogP contribution in [0.2, 0.25) is 5.02 Å². The molecule has 2 atom stereocenters. The van der Waals surface area contributed by atoms with Gasteiger partial charge in [-0.15, -0.1) is 0 Å². The summed E-state index contributed by atoms with van der Waals surface area (Å²) in [5, 5.41) is 0.458. The van der Waals surface area contributed by atoms with Gasteiger partial charge >= 0.3 is 0 Å². The summed E-state index contributed by atoms with van der Waals surface area (Å²) in [4.78, 5) is 12.1. The molecule has 1 aliphatic rings. The summed E-state index contributed by atoms with van der Waals surface area (Å²) in [6.45, 7) is 0. The zero-order valence-corrected chi connectivity index (χ0v) is 10.9. The van der Waals surface area contributed by atoms with Crippen LogP contribution in [0, 0.1) is 11.7 Å². The molecule has 1 saturated carbocycles. The Morgan fingerprint density at radius 3 is 2.94 bits per heavy atom. The van der Waals surface area contributed by atoms with E-state index in [1.54, 1.807) is 0 Å². The minimum Gasteiger partial charge on any atom is -0.328 e. The van der Waals surface area contributed by atoms with E-state index >= 15 is 0 Å². The van der Waals surface area contributed by atoms with Crippen molar-refractivity contribution < 1.29 is 9.18 Å². The maximum Gasteiger partial charge on any atom is 0.140 e. The van der Waals surface area contributed by atoms with E-state index in [1.807, 2.05) is 0 Å². The lowest BCUT2D eigenvalue weighted by Gasteiger charge is -2.25. The second-order valence-corrected chi connectivity index (χ2v) is 5.44. The number of halogens is 2. The number of nitrogens with two attached hydrogens (primary N) is 1. The van der Waals surface area contributed by atoms with E-state index in [9.17, 15) is 9.18 Å². The largest absolute Gasteiger partial charge is 0.328 e. The van der Waals surface area contributed by atoms with Gasteiger partial charge in [0.05, 0.1) is 0 Å². The van der Waals surface area contributed by atoms with Gasteiger partial charge in [-0.1, -0.05) is 18.0 Å². The SMILES string of the molecule is NC1CCCC(C(=O)Cc2cc(Cl)ccc2F)C1. The number of benzene rings is 1. The molecule has 0 aromatic heterocycles. The first-order valence-electron chi connectivity index (χ1n) is 6.28. The molecule has 2 nitrogen and oxygen atoms in total. The molecule has 0 radical (unpaired) electrons. The summed E-state index contributed by atoms with van der Waals surface area (Å²) in [5.74, 6) is -0.314. The molecule has 1 aromatic rings. The Bertz CT molecular complexity index is 449. The van der Waals surface area contributed by atoms with Crippen LogP contribution in [-0.4, -0.2) is 11.8 Å². The highest BCUT2D eigenvalue weighted by molar-refractivity contribution is 6.30. The number of rotatable bonds is 3. The third-order valence-corrected chi connectivity index (χ3v) is 3.78. The van der Waals surface area contributed by atoms with E-state index in [2.05, 4.69) is 0 Å². The first kappa shape index (κ1) is 13.5. The average Bonchev–Trinajstić information content (AvgIpc) is 2.34. The third kappa shape index (κ3) is 3.30. The van der Waals surface area contributed by atoms with E-state index in [4.69, 9.17) is 17.3 Å². The molecule has 2 N–H and O–H groups in total. The first-order chi connectivity index (χ1) is 8.56. The van der Waals surface area contributed by atoms with Crippen LogP contribution in [-0.2, 0) is 11.2 Å². The van der Waals surface area contributed by atoms with Crippen LogP contribution in [0.1, 0.15) is 31.2 Å². The molecule has 18 heavy (non-hydrogen) atoms. The number of ketones is 1. The zero-order chi connectivity index (χ0) is 13.1. The molecule has 2 unspecified atom stereocenters. The van der Waals surface area contributed by atoms with Crippen molar-refractivity contribution >= 4 is 17.4 Å². The minimum absolute atomic E-state index is 0.0212. The van der Waals surface area contributed by atoms with Crippen LogP contribution in [0.4, 0.5) is 4.39 Å². The van der Waals surface area contributed by atoms with Crippen molar-refractivity contribution in [1.82, 2.24) is 0 Å². The predicted molar refractivity (Wildman–Crippen MR) is 70.1 cm³/mol. The van der Waals surface area contributed by atoms with Crippen molar-refractivity contribution in [3.05, 3.63) is 34.6 Å². The lowest BCUT2D eigenvalue weighted by molar-refractivity contribution is -0.123. The second-order valence-electron chi connectivity index (χ2n) is 5.00. The maximum absolute atomic E-state index is 13.5. The Morgan fingerprint density at radius 1 is 1.44 bits per heavy atom. The highest BCUT2D eigenvalue weighted by Crippen LogP contribution is 2.26. The molecule has 0 bridgehead atoms. The minimum atomic E-state index is -0.368. The van der Waals surface area contributed by atoms with Crippen molar-refractivity contribution in [2.24, 2.45) is 11.7 Å². The van der Waals surface area contributed by atoms with Crippen molar-refractivity contribution in [1.29, 1.82) is 0 Å². The fourth-order valence-electron chi connectivity index (χ4n) is 2.53. The summed E-state index contributed by atoms with van der Waals surface area (Å²) in [5.41, 5.74) is 6.24. The van der Waals surface area contributed by atoms with E-state index < -0.39 is 0 Å². The number of hydrogen-bond donors (Lipinski definition) is 1. The quantitative estimate of drug-likeness (QED) is 0.916. The van der Waals surface area contributed by atoms with Gasteiger partial charge in [-0.25, -0.2) is 4.39 Å². The van der Waals surface area contributed by atoms with E-state index in [-0.39, 0.29) is 30.0 Å². The van der Waals surface area contributed by atoms with Gasteiger partial charge in [0.25, 0.3) is 0 Å². The Labute approximate surface area is 111 Å². The van der Waals surface area contributed by atoms with Crippen LogP contribution in [0.5, 0.6) is 0 Å². The van der Waals surface area contributed by atoms with Gasteiger partial charge in [-0.2, -0.15) is 0 Å². The fraction of sp³-hybridized carbons (Fsp3) is 0.500. The lowest BCUT2D eigenvalue weighted by Crippen LogP contribution is -2.32. The van der Waals surface area contributed by atoms with Crippen LogP contribution in [0.25, 0.3) is 0 Å². The van der Waals surface area contributed by atoms with Crippen molar-refractivity contribution in [3.8, 4) is 0 Å². The monoisotopic (exact) mass is 269 g/mol. The predicted octanol–water partition coefficient (Wildman–Crippen LogP) is 3.11. The number of hydrogen-bond acceptors (Lipinski definition) is 2. The van der Waals surface area contributed by atoms with Crippen LogP contribution in [0.15, 0.2) is 18.2 Å². The summed E-state index contributed by atoms with van der Waals surface area (Å²) >= 11 is 5.81.